The number of amides is 1. The number of aryl methyl sites for hydroxylation is 1. The summed E-state index contributed by atoms with van der Waals surface area (Å²) >= 11 is 0. The molecule has 3 rings (SSSR count). The second kappa shape index (κ2) is 6.01. The lowest BCUT2D eigenvalue weighted by atomic mass is 10.1. The molecule has 1 amide bonds. The predicted molar refractivity (Wildman–Crippen MR) is 85.7 cm³/mol. The summed E-state index contributed by atoms with van der Waals surface area (Å²) in [5.41, 5.74) is 1.87. The first-order valence-corrected chi connectivity index (χ1v) is 9.57. The average Bonchev–Trinajstić information content (AvgIpc) is 2.88. The Kier molecular flexibility index (Phi) is 4.23. The van der Waals surface area contributed by atoms with E-state index in [0.717, 1.165) is 30.6 Å². The van der Waals surface area contributed by atoms with Crippen LogP contribution >= 0.6 is 0 Å². The van der Waals surface area contributed by atoms with Crippen molar-refractivity contribution < 1.29 is 13.2 Å². The van der Waals surface area contributed by atoms with Gasteiger partial charge in [-0.15, -0.1) is 0 Å². The van der Waals surface area contributed by atoms with Crippen LogP contribution in [-0.4, -0.2) is 67.9 Å². The molecule has 1 aromatic rings. The molecule has 0 unspecified atom stereocenters. The number of piperazine rings is 1. The molecular formula is C16H22N2O3S. The van der Waals surface area contributed by atoms with Crippen LogP contribution in [0.1, 0.15) is 22.3 Å². The van der Waals surface area contributed by atoms with Crippen LogP contribution in [0, 0.1) is 6.92 Å². The lowest BCUT2D eigenvalue weighted by molar-refractivity contribution is 0.0588. The molecule has 2 saturated heterocycles. The molecule has 0 spiro atoms. The van der Waals surface area contributed by atoms with Gasteiger partial charge in [-0.1, -0.05) is 17.7 Å². The van der Waals surface area contributed by atoms with Gasteiger partial charge in [0.15, 0.2) is 9.84 Å². The maximum absolute atomic E-state index is 12.5. The zero-order valence-corrected chi connectivity index (χ0v) is 13.7. The SMILES string of the molecule is Cc1ccc(C(=O)N2CCN([C@@H]3CCS(=O)(=O)C3)CC2)cc1. The maximum atomic E-state index is 12.5. The summed E-state index contributed by atoms with van der Waals surface area (Å²) in [4.78, 5) is 16.5. The highest BCUT2D eigenvalue weighted by Crippen LogP contribution is 2.20. The van der Waals surface area contributed by atoms with E-state index in [-0.39, 0.29) is 17.7 Å². The van der Waals surface area contributed by atoms with E-state index < -0.39 is 9.84 Å². The Balaban J connectivity index is 1.57. The van der Waals surface area contributed by atoms with Crippen LogP contribution in [0.5, 0.6) is 0 Å². The van der Waals surface area contributed by atoms with Crippen molar-refractivity contribution in [2.45, 2.75) is 19.4 Å². The van der Waals surface area contributed by atoms with Gasteiger partial charge in [0.2, 0.25) is 0 Å². The van der Waals surface area contributed by atoms with Crippen molar-refractivity contribution in [1.29, 1.82) is 0 Å². The highest BCUT2D eigenvalue weighted by molar-refractivity contribution is 7.91. The Morgan fingerprint density at radius 3 is 2.27 bits per heavy atom. The number of hydrogen-bond acceptors (Lipinski definition) is 4. The minimum atomic E-state index is -2.84. The number of benzene rings is 1. The largest absolute Gasteiger partial charge is 0.336 e. The van der Waals surface area contributed by atoms with E-state index in [1.807, 2.05) is 36.1 Å². The Labute approximate surface area is 131 Å². The number of nitrogens with zero attached hydrogens (tertiary/aromatic N) is 2. The summed E-state index contributed by atoms with van der Waals surface area (Å²) in [7, 11) is -2.84. The number of hydrogen-bond donors (Lipinski definition) is 0. The van der Waals surface area contributed by atoms with Gasteiger partial charge in [-0.3, -0.25) is 9.69 Å². The van der Waals surface area contributed by atoms with E-state index in [1.165, 1.54) is 0 Å². The van der Waals surface area contributed by atoms with E-state index in [2.05, 4.69) is 4.90 Å². The van der Waals surface area contributed by atoms with Gasteiger partial charge >= 0.3 is 0 Å². The van der Waals surface area contributed by atoms with Crippen molar-refractivity contribution in [1.82, 2.24) is 9.80 Å². The predicted octanol–water partition coefficient (Wildman–Crippen LogP) is 0.940. The van der Waals surface area contributed by atoms with Gasteiger partial charge in [0.05, 0.1) is 11.5 Å². The van der Waals surface area contributed by atoms with Crippen molar-refractivity contribution in [3.8, 4) is 0 Å². The molecule has 0 N–H and O–H groups in total. The van der Waals surface area contributed by atoms with E-state index >= 15 is 0 Å². The molecule has 22 heavy (non-hydrogen) atoms. The summed E-state index contributed by atoms with van der Waals surface area (Å²) in [5.74, 6) is 0.651. The molecule has 0 bridgehead atoms. The molecule has 0 aliphatic carbocycles. The van der Waals surface area contributed by atoms with Crippen molar-refractivity contribution in [2.75, 3.05) is 37.7 Å². The highest BCUT2D eigenvalue weighted by atomic mass is 32.2. The van der Waals surface area contributed by atoms with Crippen LogP contribution in [0.3, 0.4) is 0 Å². The number of carbonyl (C=O) groups excluding carboxylic acids is 1. The topological polar surface area (TPSA) is 57.7 Å². The van der Waals surface area contributed by atoms with E-state index in [9.17, 15) is 13.2 Å². The highest BCUT2D eigenvalue weighted by Gasteiger charge is 2.34. The van der Waals surface area contributed by atoms with Gasteiger partial charge < -0.3 is 4.90 Å². The summed E-state index contributed by atoms with van der Waals surface area (Å²) in [6, 6.07) is 7.78. The van der Waals surface area contributed by atoms with Gasteiger partial charge in [-0.2, -0.15) is 0 Å². The zero-order chi connectivity index (χ0) is 15.7. The standard InChI is InChI=1S/C16H22N2O3S/c1-13-2-4-14(5-3-13)16(19)18-9-7-17(8-10-18)15-6-11-22(20,21)12-15/h2-5,15H,6-12H2,1H3/t15-/m1/s1. The Morgan fingerprint density at radius 1 is 1.09 bits per heavy atom. The molecule has 2 aliphatic rings. The van der Waals surface area contributed by atoms with Crippen LogP contribution in [-0.2, 0) is 9.84 Å². The lowest BCUT2D eigenvalue weighted by Gasteiger charge is -2.37. The first-order chi connectivity index (χ1) is 10.4. The number of rotatable bonds is 2. The van der Waals surface area contributed by atoms with Crippen molar-refractivity contribution >= 4 is 15.7 Å². The third-order valence-electron chi connectivity index (χ3n) is 4.62. The van der Waals surface area contributed by atoms with Crippen molar-refractivity contribution in [3.63, 3.8) is 0 Å². The Morgan fingerprint density at radius 2 is 1.73 bits per heavy atom. The van der Waals surface area contributed by atoms with Crippen LogP contribution < -0.4 is 0 Å². The van der Waals surface area contributed by atoms with Gasteiger partial charge in [-0.25, -0.2) is 8.42 Å². The summed E-state index contributed by atoms with van der Waals surface area (Å²) in [5, 5.41) is 0. The van der Waals surface area contributed by atoms with Crippen molar-refractivity contribution in [2.24, 2.45) is 0 Å². The van der Waals surface area contributed by atoms with Gasteiger partial charge in [0, 0.05) is 37.8 Å². The average molecular weight is 322 g/mol. The van der Waals surface area contributed by atoms with Crippen LogP contribution in [0.25, 0.3) is 0 Å². The van der Waals surface area contributed by atoms with E-state index in [0.29, 0.717) is 18.8 Å². The summed E-state index contributed by atoms with van der Waals surface area (Å²) < 4.78 is 23.2. The van der Waals surface area contributed by atoms with Crippen LogP contribution in [0.4, 0.5) is 0 Å². The lowest BCUT2D eigenvalue weighted by Crippen LogP contribution is -2.52. The molecule has 0 aromatic heterocycles. The molecule has 2 aliphatic heterocycles. The monoisotopic (exact) mass is 322 g/mol. The second-order valence-electron chi connectivity index (χ2n) is 6.25. The summed E-state index contributed by atoms with van der Waals surface area (Å²) in [6.07, 6.45) is 0.730. The number of carbonyl (C=O) groups is 1. The normalized spacial score (nSPS) is 25.3. The molecule has 1 aromatic carbocycles. The third-order valence-corrected chi connectivity index (χ3v) is 6.38. The smallest absolute Gasteiger partial charge is 0.253 e. The van der Waals surface area contributed by atoms with Gasteiger partial charge in [-0.05, 0) is 25.5 Å². The Hall–Kier alpha value is -1.40. The molecular weight excluding hydrogens is 300 g/mol. The minimum absolute atomic E-state index is 0.0682. The summed E-state index contributed by atoms with van der Waals surface area (Å²) in [6.45, 7) is 4.87. The maximum Gasteiger partial charge on any atom is 0.253 e. The minimum Gasteiger partial charge on any atom is -0.336 e. The molecule has 6 heteroatoms. The van der Waals surface area contributed by atoms with E-state index in [1.54, 1.807) is 0 Å². The van der Waals surface area contributed by atoms with Crippen molar-refractivity contribution in [3.05, 3.63) is 35.4 Å². The second-order valence-corrected chi connectivity index (χ2v) is 8.48. The molecule has 120 valence electrons. The first-order valence-electron chi connectivity index (χ1n) is 7.75. The zero-order valence-electron chi connectivity index (χ0n) is 12.9. The van der Waals surface area contributed by atoms with E-state index in [4.69, 9.17) is 0 Å². The van der Waals surface area contributed by atoms with Gasteiger partial charge in [0.25, 0.3) is 5.91 Å². The number of sulfone groups is 1. The first kappa shape index (κ1) is 15.5. The molecule has 5 nitrogen and oxygen atoms in total. The fourth-order valence-electron chi connectivity index (χ4n) is 3.23. The van der Waals surface area contributed by atoms with Crippen LogP contribution in [0.2, 0.25) is 0 Å². The molecule has 0 saturated carbocycles. The molecule has 0 radical (unpaired) electrons. The molecule has 2 fully saturated rings. The molecule has 1 atom stereocenters. The fraction of sp³-hybridized carbons (Fsp3) is 0.562. The molecule has 2 heterocycles. The Bertz CT molecular complexity index is 646. The van der Waals surface area contributed by atoms with Crippen LogP contribution in [0.15, 0.2) is 24.3 Å². The van der Waals surface area contributed by atoms with Gasteiger partial charge in [0.1, 0.15) is 0 Å². The third kappa shape index (κ3) is 3.33. The fourth-order valence-corrected chi connectivity index (χ4v) is 4.99. The quantitative estimate of drug-likeness (QED) is 0.813.